The summed E-state index contributed by atoms with van der Waals surface area (Å²) >= 11 is 0. The summed E-state index contributed by atoms with van der Waals surface area (Å²) in [7, 11) is 6.30. The van der Waals surface area contributed by atoms with Crippen LogP contribution in [0.15, 0.2) is 54.6 Å². The Balaban J connectivity index is 1.49. The molecule has 0 aliphatic rings. The van der Waals surface area contributed by atoms with Crippen molar-refractivity contribution >= 4 is 38.3 Å². The number of quaternary nitrogens is 1. The first kappa shape index (κ1) is 18.7. The molecule has 3 heteroatoms. The van der Waals surface area contributed by atoms with Gasteiger partial charge in [-0.3, -0.25) is 4.79 Å². The van der Waals surface area contributed by atoms with Crippen molar-refractivity contribution in [1.82, 2.24) is 0 Å². The summed E-state index contributed by atoms with van der Waals surface area (Å²) in [6.45, 7) is 1.32. The summed E-state index contributed by atoms with van der Waals surface area (Å²) in [6, 6.07) is 19.8. The summed E-state index contributed by atoms with van der Waals surface area (Å²) in [5.74, 6) is -0.0915. The third kappa shape index (κ3) is 3.81. The fourth-order valence-electron chi connectivity index (χ4n) is 3.94. The Hall–Kier alpha value is -2.65. The molecule has 0 amide bonds. The Kier molecular flexibility index (Phi) is 4.94. The van der Waals surface area contributed by atoms with Gasteiger partial charge in [-0.1, -0.05) is 54.6 Å². The molecule has 3 nitrogen and oxygen atoms in total. The highest BCUT2D eigenvalue weighted by atomic mass is 16.5. The van der Waals surface area contributed by atoms with Crippen molar-refractivity contribution in [3.8, 4) is 0 Å². The van der Waals surface area contributed by atoms with Crippen molar-refractivity contribution in [2.45, 2.75) is 19.3 Å². The van der Waals surface area contributed by atoms with E-state index in [0.717, 1.165) is 23.9 Å². The summed E-state index contributed by atoms with van der Waals surface area (Å²) in [4.78, 5) is 12.0. The van der Waals surface area contributed by atoms with Crippen molar-refractivity contribution in [3.63, 3.8) is 0 Å². The summed E-state index contributed by atoms with van der Waals surface area (Å²) in [5, 5.41) is 7.85. The molecule has 0 unspecified atom stereocenters. The van der Waals surface area contributed by atoms with Crippen LogP contribution in [0.4, 0.5) is 0 Å². The van der Waals surface area contributed by atoms with Gasteiger partial charge in [-0.15, -0.1) is 0 Å². The SMILES string of the molecule is C[N+](C)(C)CCOC(=O)CCCc1ccc2ccc3cccc4ccc1c2c34. The molecular formula is C25H28NO2+. The zero-order valence-corrected chi connectivity index (χ0v) is 17.0. The Morgan fingerprint density at radius 2 is 1.50 bits per heavy atom. The molecule has 0 saturated carbocycles. The number of aryl methyl sites for hydroxylation is 1. The maximum Gasteiger partial charge on any atom is 0.306 e. The number of benzene rings is 4. The van der Waals surface area contributed by atoms with Gasteiger partial charge >= 0.3 is 5.97 Å². The Morgan fingerprint density at radius 3 is 2.21 bits per heavy atom. The van der Waals surface area contributed by atoms with Crippen molar-refractivity contribution in [2.75, 3.05) is 34.3 Å². The number of esters is 1. The molecule has 0 heterocycles. The molecule has 0 aliphatic heterocycles. The fraction of sp³-hybridized carbons (Fsp3) is 0.320. The highest BCUT2D eigenvalue weighted by molar-refractivity contribution is 6.23. The highest BCUT2D eigenvalue weighted by Crippen LogP contribution is 2.36. The van der Waals surface area contributed by atoms with Crippen LogP contribution in [0, 0.1) is 0 Å². The van der Waals surface area contributed by atoms with Gasteiger partial charge in [0.15, 0.2) is 0 Å². The molecule has 0 N–H and O–H groups in total. The first-order chi connectivity index (χ1) is 13.4. The zero-order chi connectivity index (χ0) is 19.7. The standard InChI is InChI=1S/C25H28NO2/c1-26(2,3)16-17-28-23(27)9-5-6-18-10-11-21-13-12-19-7-4-8-20-14-15-22(18)25(21)24(19)20/h4,7-8,10-15H,5-6,9,16-17H2,1-3H3/q+1. The highest BCUT2D eigenvalue weighted by Gasteiger charge is 2.12. The molecular weight excluding hydrogens is 346 g/mol. The molecule has 4 aromatic rings. The number of rotatable bonds is 7. The van der Waals surface area contributed by atoms with E-state index < -0.39 is 0 Å². The van der Waals surface area contributed by atoms with Crippen LogP contribution in [0.2, 0.25) is 0 Å². The van der Waals surface area contributed by atoms with Gasteiger partial charge in [-0.2, -0.15) is 0 Å². The maximum atomic E-state index is 12.0. The summed E-state index contributed by atoms with van der Waals surface area (Å²) in [5.41, 5.74) is 1.31. The first-order valence-corrected chi connectivity index (χ1v) is 10.0. The van der Waals surface area contributed by atoms with E-state index in [0.29, 0.717) is 13.0 Å². The second-order valence-corrected chi connectivity index (χ2v) is 8.67. The average Bonchev–Trinajstić information content (AvgIpc) is 2.66. The van der Waals surface area contributed by atoms with Crippen LogP contribution in [0.3, 0.4) is 0 Å². The van der Waals surface area contributed by atoms with Crippen LogP contribution < -0.4 is 0 Å². The molecule has 28 heavy (non-hydrogen) atoms. The lowest BCUT2D eigenvalue weighted by atomic mass is 9.90. The second kappa shape index (κ2) is 7.40. The molecule has 0 aromatic heterocycles. The van der Waals surface area contributed by atoms with Gasteiger partial charge in [0.05, 0.1) is 21.1 Å². The molecule has 0 radical (unpaired) electrons. The van der Waals surface area contributed by atoms with E-state index in [9.17, 15) is 4.79 Å². The molecule has 0 spiro atoms. The molecule has 0 saturated heterocycles. The smallest absolute Gasteiger partial charge is 0.306 e. The predicted molar refractivity (Wildman–Crippen MR) is 117 cm³/mol. The van der Waals surface area contributed by atoms with Crippen molar-refractivity contribution in [3.05, 3.63) is 60.2 Å². The van der Waals surface area contributed by atoms with Gasteiger partial charge in [0.1, 0.15) is 13.2 Å². The van der Waals surface area contributed by atoms with Crippen molar-refractivity contribution < 1.29 is 14.0 Å². The fourth-order valence-corrected chi connectivity index (χ4v) is 3.94. The van der Waals surface area contributed by atoms with E-state index >= 15 is 0 Å². The van der Waals surface area contributed by atoms with Crippen molar-refractivity contribution in [1.29, 1.82) is 0 Å². The van der Waals surface area contributed by atoms with E-state index in [1.807, 2.05) is 0 Å². The first-order valence-electron chi connectivity index (χ1n) is 10.0. The van der Waals surface area contributed by atoms with E-state index in [-0.39, 0.29) is 5.97 Å². The molecule has 144 valence electrons. The number of carbonyl (C=O) groups is 1. The number of hydrogen-bond donors (Lipinski definition) is 0. The Bertz CT molecular complexity index is 1110. The number of carbonyl (C=O) groups excluding carboxylic acids is 1. The number of hydrogen-bond acceptors (Lipinski definition) is 2. The minimum absolute atomic E-state index is 0.0915. The van der Waals surface area contributed by atoms with Crippen LogP contribution in [0.25, 0.3) is 32.3 Å². The van der Waals surface area contributed by atoms with Crippen LogP contribution in [0.5, 0.6) is 0 Å². The maximum absolute atomic E-state index is 12.0. The van der Waals surface area contributed by atoms with E-state index in [1.54, 1.807) is 0 Å². The van der Waals surface area contributed by atoms with Crippen LogP contribution >= 0.6 is 0 Å². The Labute approximate surface area is 166 Å². The van der Waals surface area contributed by atoms with E-state index in [2.05, 4.69) is 75.7 Å². The second-order valence-electron chi connectivity index (χ2n) is 8.67. The molecule has 0 atom stereocenters. The zero-order valence-electron chi connectivity index (χ0n) is 17.0. The summed E-state index contributed by atoms with van der Waals surface area (Å²) in [6.07, 6.45) is 2.17. The number of nitrogens with zero attached hydrogens (tertiary/aromatic N) is 1. The topological polar surface area (TPSA) is 26.3 Å². The lowest BCUT2D eigenvalue weighted by Gasteiger charge is -2.23. The quantitative estimate of drug-likeness (QED) is 0.254. The third-order valence-corrected chi connectivity index (χ3v) is 5.47. The molecule has 0 bridgehead atoms. The average molecular weight is 375 g/mol. The Morgan fingerprint density at radius 1 is 0.857 bits per heavy atom. The molecule has 0 fully saturated rings. The minimum atomic E-state index is -0.0915. The molecule has 4 aromatic carbocycles. The van der Waals surface area contributed by atoms with Crippen molar-refractivity contribution in [2.24, 2.45) is 0 Å². The van der Waals surface area contributed by atoms with Gasteiger partial charge in [0.25, 0.3) is 0 Å². The number of likely N-dealkylation sites (N-methyl/N-ethyl adjacent to an activating group) is 1. The monoisotopic (exact) mass is 374 g/mol. The summed E-state index contributed by atoms with van der Waals surface area (Å²) < 4.78 is 6.18. The van der Waals surface area contributed by atoms with Gasteiger partial charge in [-0.25, -0.2) is 0 Å². The van der Waals surface area contributed by atoms with Crippen LogP contribution in [-0.2, 0) is 16.0 Å². The normalized spacial score (nSPS) is 12.2. The number of ether oxygens (including phenoxy) is 1. The lowest BCUT2D eigenvalue weighted by Crippen LogP contribution is -2.38. The van der Waals surface area contributed by atoms with Crippen LogP contribution in [0.1, 0.15) is 18.4 Å². The van der Waals surface area contributed by atoms with Gasteiger partial charge < -0.3 is 9.22 Å². The van der Waals surface area contributed by atoms with Gasteiger partial charge in [0.2, 0.25) is 0 Å². The lowest BCUT2D eigenvalue weighted by molar-refractivity contribution is -0.870. The molecule has 0 aliphatic carbocycles. The van der Waals surface area contributed by atoms with Gasteiger partial charge in [0, 0.05) is 6.42 Å². The largest absolute Gasteiger partial charge is 0.460 e. The van der Waals surface area contributed by atoms with E-state index in [1.165, 1.54) is 37.9 Å². The molecule has 4 rings (SSSR count). The van der Waals surface area contributed by atoms with Crippen LogP contribution in [-0.4, -0.2) is 44.7 Å². The predicted octanol–water partition coefficient (Wildman–Crippen LogP) is 5.16. The third-order valence-electron chi connectivity index (χ3n) is 5.47. The minimum Gasteiger partial charge on any atom is -0.460 e. The van der Waals surface area contributed by atoms with Gasteiger partial charge in [-0.05, 0) is 50.7 Å². The van der Waals surface area contributed by atoms with E-state index in [4.69, 9.17) is 4.74 Å².